The van der Waals surface area contributed by atoms with E-state index in [4.69, 9.17) is 9.47 Å². The minimum atomic E-state index is 0.493. The maximum Gasteiger partial charge on any atom is 0.0517 e. The Labute approximate surface area is 138 Å². The zero-order valence-electron chi connectivity index (χ0n) is 13.3. The fraction of sp³-hybridized carbons (Fsp3) is 0.667. The zero-order valence-corrected chi connectivity index (χ0v) is 14.1. The normalized spacial score (nSPS) is 24.9. The van der Waals surface area contributed by atoms with Gasteiger partial charge in [-0.15, -0.1) is 0 Å². The van der Waals surface area contributed by atoms with Crippen LogP contribution < -0.4 is 5.32 Å². The van der Waals surface area contributed by atoms with Gasteiger partial charge in [0.05, 0.1) is 13.2 Å². The summed E-state index contributed by atoms with van der Waals surface area (Å²) in [6.45, 7) is 4.54. The summed E-state index contributed by atoms with van der Waals surface area (Å²) in [5.74, 6) is 3.04. The van der Waals surface area contributed by atoms with Crippen LogP contribution in [-0.2, 0) is 15.9 Å². The molecular formula is C18H27NO2S. The van der Waals surface area contributed by atoms with Gasteiger partial charge in [0.25, 0.3) is 0 Å². The molecule has 0 saturated carbocycles. The van der Waals surface area contributed by atoms with Crippen molar-refractivity contribution in [3.05, 3.63) is 35.4 Å². The highest BCUT2D eigenvalue weighted by molar-refractivity contribution is 7.99. The minimum Gasteiger partial charge on any atom is -0.381 e. The summed E-state index contributed by atoms with van der Waals surface area (Å²) < 4.78 is 11.1. The molecule has 1 aromatic carbocycles. The van der Waals surface area contributed by atoms with Crippen molar-refractivity contribution in [2.24, 2.45) is 5.92 Å². The molecule has 122 valence electrons. The maximum absolute atomic E-state index is 5.78. The minimum absolute atomic E-state index is 0.493. The van der Waals surface area contributed by atoms with Gasteiger partial charge in [0.1, 0.15) is 0 Å². The number of ether oxygens (including phenoxy) is 2. The number of hydrogen-bond acceptors (Lipinski definition) is 4. The summed E-state index contributed by atoms with van der Waals surface area (Å²) >= 11 is 2.06. The van der Waals surface area contributed by atoms with Crippen LogP contribution in [-0.4, -0.2) is 44.5 Å². The van der Waals surface area contributed by atoms with Crippen LogP contribution in [0.1, 0.15) is 30.0 Å². The van der Waals surface area contributed by atoms with Crippen LogP contribution in [0.2, 0.25) is 0 Å². The zero-order chi connectivity index (χ0) is 15.0. The van der Waals surface area contributed by atoms with Gasteiger partial charge in [0.15, 0.2) is 0 Å². The van der Waals surface area contributed by atoms with E-state index in [0.29, 0.717) is 12.0 Å². The van der Waals surface area contributed by atoms with Crippen molar-refractivity contribution in [1.29, 1.82) is 0 Å². The van der Waals surface area contributed by atoms with E-state index in [9.17, 15) is 0 Å². The van der Waals surface area contributed by atoms with E-state index < -0.39 is 0 Å². The van der Waals surface area contributed by atoms with Crippen LogP contribution in [0.3, 0.4) is 0 Å². The highest BCUT2D eigenvalue weighted by Crippen LogP contribution is 2.27. The van der Waals surface area contributed by atoms with Crippen LogP contribution in [0.5, 0.6) is 0 Å². The number of benzene rings is 1. The molecule has 0 aliphatic carbocycles. The van der Waals surface area contributed by atoms with Gasteiger partial charge in [0, 0.05) is 30.9 Å². The first kappa shape index (κ1) is 16.3. The molecule has 0 amide bonds. The van der Waals surface area contributed by atoms with E-state index in [2.05, 4.69) is 41.3 Å². The second-order valence-electron chi connectivity index (χ2n) is 6.19. The van der Waals surface area contributed by atoms with E-state index in [-0.39, 0.29) is 0 Å². The summed E-state index contributed by atoms with van der Waals surface area (Å²) in [6, 6.07) is 9.38. The first-order valence-electron chi connectivity index (χ1n) is 8.48. The Morgan fingerprint density at radius 3 is 3.18 bits per heavy atom. The molecule has 4 heteroatoms. The van der Waals surface area contributed by atoms with Crippen LogP contribution in [0.4, 0.5) is 0 Å². The summed E-state index contributed by atoms with van der Waals surface area (Å²) in [4.78, 5) is 0. The van der Waals surface area contributed by atoms with Crippen LogP contribution in [0.25, 0.3) is 0 Å². The van der Waals surface area contributed by atoms with Gasteiger partial charge in [-0.25, -0.2) is 0 Å². The molecule has 0 unspecified atom stereocenters. The lowest BCUT2D eigenvalue weighted by atomic mass is 10.00. The molecule has 1 aromatic rings. The standard InChI is InChI=1S/C18H27NO2S/c1-2-5-17-16(4-1)7-11-22-14-18(17)19-8-3-9-20-12-15-6-10-21-13-15/h1-2,4-5,15,18-19H,3,6-14H2/t15-,18-/m0/s1. The molecule has 0 aromatic heterocycles. The summed E-state index contributed by atoms with van der Waals surface area (Å²) in [5.41, 5.74) is 3.01. The maximum atomic E-state index is 5.78. The van der Waals surface area contributed by atoms with E-state index in [1.54, 1.807) is 0 Å². The van der Waals surface area contributed by atoms with Crippen LogP contribution >= 0.6 is 11.8 Å². The van der Waals surface area contributed by atoms with Crippen molar-refractivity contribution < 1.29 is 9.47 Å². The Morgan fingerprint density at radius 2 is 2.27 bits per heavy atom. The fourth-order valence-corrected chi connectivity index (χ4v) is 4.22. The van der Waals surface area contributed by atoms with E-state index >= 15 is 0 Å². The van der Waals surface area contributed by atoms with Gasteiger partial charge in [-0.2, -0.15) is 11.8 Å². The van der Waals surface area contributed by atoms with Crippen molar-refractivity contribution in [2.75, 3.05) is 44.5 Å². The Hall–Kier alpha value is -0.550. The van der Waals surface area contributed by atoms with Crippen molar-refractivity contribution in [2.45, 2.75) is 25.3 Å². The van der Waals surface area contributed by atoms with Crippen molar-refractivity contribution in [3.8, 4) is 0 Å². The average Bonchev–Trinajstić information content (AvgIpc) is 2.98. The molecule has 2 aliphatic heterocycles. The largest absolute Gasteiger partial charge is 0.381 e. The molecule has 1 N–H and O–H groups in total. The van der Waals surface area contributed by atoms with Gasteiger partial charge >= 0.3 is 0 Å². The van der Waals surface area contributed by atoms with Gasteiger partial charge in [0.2, 0.25) is 0 Å². The summed E-state index contributed by atoms with van der Waals surface area (Å²) in [5, 5.41) is 3.72. The number of nitrogens with one attached hydrogen (secondary N) is 1. The Kier molecular flexibility index (Phi) is 6.61. The number of hydrogen-bond donors (Lipinski definition) is 1. The lowest BCUT2D eigenvalue weighted by molar-refractivity contribution is 0.0880. The van der Waals surface area contributed by atoms with Crippen LogP contribution in [0, 0.1) is 5.92 Å². The molecule has 22 heavy (non-hydrogen) atoms. The van der Waals surface area contributed by atoms with Gasteiger partial charge in [-0.3, -0.25) is 0 Å². The molecule has 3 nitrogen and oxygen atoms in total. The molecule has 3 rings (SSSR count). The summed E-state index contributed by atoms with van der Waals surface area (Å²) in [7, 11) is 0. The molecular weight excluding hydrogens is 294 g/mol. The number of rotatable bonds is 7. The molecule has 2 heterocycles. The smallest absolute Gasteiger partial charge is 0.0517 e. The molecule has 0 bridgehead atoms. The van der Waals surface area contributed by atoms with Crippen molar-refractivity contribution in [1.82, 2.24) is 5.32 Å². The molecule has 0 spiro atoms. The number of fused-ring (bicyclic) bond motifs is 1. The molecule has 1 fully saturated rings. The predicted octanol–water partition coefficient (Wildman–Crippen LogP) is 3.05. The monoisotopic (exact) mass is 321 g/mol. The Balaban J connectivity index is 1.36. The quantitative estimate of drug-likeness (QED) is 0.782. The summed E-state index contributed by atoms with van der Waals surface area (Å²) in [6.07, 6.45) is 3.44. The molecule has 2 atom stereocenters. The third-order valence-electron chi connectivity index (χ3n) is 4.46. The van der Waals surface area contributed by atoms with Gasteiger partial charge < -0.3 is 14.8 Å². The van der Waals surface area contributed by atoms with Gasteiger partial charge in [-0.05, 0) is 42.7 Å². The fourth-order valence-electron chi connectivity index (χ4n) is 3.16. The number of aryl methyl sites for hydroxylation is 1. The highest BCUT2D eigenvalue weighted by Gasteiger charge is 2.18. The Bertz CT molecular complexity index is 448. The average molecular weight is 321 g/mol. The lowest BCUT2D eigenvalue weighted by Gasteiger charge is -2.19. The lowest BCUT2D eigenvalue weighted by Crippen LogP contribution is -2.25. The second kappa shape index (κ2) is 8.92. The van der Waals surface area contributed by atoms with E-state index in [1.807, 2.05) is 0 Å². The van der Waals surface area contributed by atoms with Crippen molar-refractivity contribution in [3.63, 3.8) is 0 Å². The predicted molar refractivity (Wildman–Crippen MR) is 92.6 cm³/mol. The Morgan fingerprint density at radius 1 is 1.32 bits per heavy atom. The SMILES string of the molecule is c1ccc2c(c1)CCSC[C@@H]2NCCCOC[C@@H]1CCOC1. The molecule has 0 radical (unpaired) electrons. The first-order chi connectivity index (χ1) is 10.9. The third kappa shape index (κ3) is 4.72. The van der Waals surface area contributed by atoms with E-state index in [0.717, 1.165) is 45.8 Å². The highest BCUT2D eigenvalue weighted by atomic mass is 32.2. The van der Waals surface area contributed by atoms with E-state index in [1.165, 1.54) is 29.1 Å². The molecule has 1 saturated heterocycles. The third-order valence-corrected chi connectivity index (χ3v) is 5.53. The van der Waals surface area contributed by atoms with Crippen molar-refractivity contribution >= 4 is 11.8 Å². The topological polar surface area (TPSA) is 30.5 Å². The first-order valence-corrected chi connectivity index (χ1v) is 9.63. The van der Waals surface area contributed by atoms with Gasteiger partial charge in [-0.1, -0.05) is 24.3 Å². The second-order valence-corrected chi connectivity index (χ2v) is 7.34. The molecule has 2 aliphatic rings. The van der Waals surface area contributed by atoms with Crippen LogP contribution in [0.15, 0.2) is 24.3 Å². The number of thioether (sulfide) groups is 1.